The summed E-state index contributed by atoms with van der Waals surface area (Å²) in [5.74, 6) is 5.02. The summed E-state index contributed by atoms with van der Waals surface area (Å²) in [6, 6.07) is 91.8. The highest BCUT2D eigenvalue weighted by molar-refractivity contribution is 7.03. The van der Waals surface area contributed by atoms with E-state index in [-0.39, 0.29) is 56.7 Å². The third-order valence-electron chi connectivity index (χ3n) is 32.1. The van der Waals surface area contributed by atoms with Crippen molar-refractivity contribution in [3.8, 4) is 51.6 Å². The second-order valence-electron chi connectivity index (χ2n) is 50.4. The van der Waals surface area contributed by atoms with Gasteiger partial charge in [0.2, 0.25) is 0 Å². The summed E-state index contributed by atoms with van der Waals surface area (Å²) >= 11 is 0. The van der Waals surface area contributed by atoms with Crippen LogP contribution < -0.4 is 78.5 Å². The number of ether oxygens (including phenoxy) is 3. The van der Waals surface area contributed by atoms with Gasteiger partial charge < -0.3 is 43.0 Å². The first kappa shape index (κ1) is 89.3. The average Bonchev–Trinajstić information content (AvgIpc) is 0.761. The summed E-state index contributed by atoms with van der Waals surface area (Å²) in [4.78, 5) is 5.29. The van der Waals surface area contributed by atoms with E-state index in [1.165, 1.54) is 127 Å². The zero-order valence-corrected chi connectivity index (χ0v) is 87.6. The Bertz CT molecular complexity index is 8300. The van der Waals surface area contributed by atoms with E-state index in [1.807, 2.05) is 0 Å². The van der Waals surface area contributed by atoms with Crippen molar-refractivity contribution in [2.24, 2.45) is 0 Å². The highest BCUT2D eigenvalue weighted by atomic mass is 16.5. The van der Waals surface area contributed by atoms with Gasteiger partial charge in [-0.15, -0.1) is 0 Å². The highest BCUT2D eigenvalue weighted by Gasteiger charge is 2.51. The summed E-state index contributed by atoms with van der Waals surface area (Å²) in [6.07, 6.45) is 0. The van der Waals surface area contributed by atoms with E-state index in [4.69, 9.17) is 14.2 Å². The number of benzene rings is 15. The average molecular weight is 1830 g/mol. The van der Waals surface area contributed by atoms with Gasteiger partial charge >= 0.3 is 0 Å². The first-order valence-electron chi connectivity index (χ1n) is 50.9. The number of anilines is 8. The molecule has 9 nitrogen and oxygen atoms in total. The normalized spacial score (nSPS) is 14.4. The number of nitrogens with zero attached hydrogens (tertiary/aromatic N) is 5. The summed E-state index contributed by atoms with van der Waals surface area (Å²) in [5, 5.41) is 11.8. The molecule has 18 aromatic rings. The minimum absolute atomic E-state index is 0.0705. The van der Waals surface area contributed by atoms with Gasteiger partial charge in [-0.25, -0.2) is 0 Å². The van der Waals surface area contributed by atoms with Crippen LogP contribution in [0.25, 0.3) is 82.5 Å². The first-order valence-corrected chi connectivity index (χ1v) is 50.9. The monoisotopic (exact) mass is 1830 g/mol. The maximum Gasteiger partial charge on any atom is 0.256 e. The van der Waals surface area contributed by atoms with Crippen LogP contribution >= 0.6 is 0 Å². The second-order valence-corrected chi connectivity index (χ2v) is 50.4. The summed E-state index contributed by atoms with van der Waals surface area (Å²) in [6.45, 7) is 68.8. The van der Waals surface area contributed by atoms with Crippen LogP contribution in [0, 0.1) is 41.5 Å². The van der Waals surface area contributed by atoms with Crippen molar-refractivity contribution < 1.29 is 14.2 Å². The number of aromatic nitrogens is 3. The van der Waals surface area contributed by atoms with Crippen LogP contribution in [0.15, 0.2) is 231 Å². The highest BCUT2D eigenvalue weighted by Crippen LogP contribution is 2.54. The number of rotatable bonds is 5. The van der Waals surface area contributed by atoms with E-state index in [0.717, 1.165) is 163 Å². The molecule has 6 aliphatic rings. The minimum atomic E-state index is -0.406. The maximum atomic E-state index is 8.43. The second kappa shape index (κ2) is 29.7. The van der Waals surface area contributed by atoms with Gasteiger partial charge in [0.05, 0.1) is 61.5 Å². The Morgan fingerprint density at radius 1 is 0.214 bits per heavy atom. The summed E-state index contributed by atoms with van der Waals surface area (Å²) in [5.41, 5.74) is 45.4. The molecule has 0 atom stereocenters. The molecule has 0 aliphatic carbocycles. The van der Waals surface area contributed by atoms with Crippen LogP contribution in [0.4, 0.5) is 45.5 Å². The molecular formula is C128H129B3N6O3. The number of fused-ring (bicyclic) bond motifs is 21. The number of hydrogen-bond acceptors (Lipinski definition) is 6. The van der Waals surface area contributed by atoms with Crippen molar-refractivity contribution in [2.75, 3.05) is 15.1 Å². The van der Waals surface area contributed by atoms with Crippen LogP contribution in [0.1, 0.15) is 244 Å². The van der Waals surface area contributed by atoms with Crippen LogP contribution in [-0.2, 0) is 43.3 Å². The van der Waals surface area contributed by atoms with E-state index in [9.17, 15) is 0 Å². The lowest BCUT2D eigenvalue weighted by molar-refractivity contribution is 0.485. The lowest BCUT2D eigenvalue weighted by Gasteiger charge is -2.45. The zero-order chi connectivity index (χ0) is 98.3. The Morgan fingerprint density at radius 3 is 0.800 bits per heavy atom. The van der Waals surface area contributed by atoms with Crippen LogP contribution in [0.3, 0.4) is 0 Å². The predicted octanol–water partition coefficient (Wildman–Crippen LogP) is 28.7. The molecule has 0 amide bonds. The molecule has 698 valence electrons. The topological polar surface area (TPSA) is 61.0 Å². The lowest BCUT2D eigenvalue weighted by Crippen LogP contribution is -2.65. The molecule has 15 aromatic carbocycles. The van der Waals surface area contributed by atoms with Gasteiger partial charge in [0.15, 0.2) is 0 Å². The number of hydrogen-bond donors (Lipinski definition) is 1. The Labute approximate surface area is 828 Å². The molecule has 0 radical (unpaired) electrons. The molecule has 3 aromatic heterocycles. The van der Waals surface area contributed by atoms with Gasteiger partial charge in [-0.05, 0) is 310 Å². The van der Waals surface area contributed by atoms with Gasteiger partial charge in [0.25, 0.3) is 20.1 Å². The SMILES string of the molecule is Cc1cc(C)c(N2c3cc4c(cc3B3c5cc6c(cc5Oc5cc(-n7c8ccc(C(C)(C)C)cc8c8cc(C(C)(C)C)ccc87)cc2c53)N(c2c(C)cc(C)cc2C)c2cc(-n3c5ccc(C(C)(C)C)cc5c5cc(C(C)(C)C)ccc53)cc3c2B6c2cc(C(C)(C)C)ccc2O3)B2c3cc(C(C)(C)C)ccc3Oc3cc(-n5c6ccc(C(C)(C)C)cc6c6cc(C(C)(C)C)ccc65)cc(c32)N4)c(C)c1. The Kier molecular flexibility index (Phi) is 18.9. The van der Waals surface area contributed by atoms with Crippen LogP contribution in [-0.4, -0.2) is 33.8 Å². The fourth-order valence-corrected chi connectivity index (χ4v) is 24.6. The Hall–Kier alpha value is -13.3. The fraction of sp³-hybridized carbons (Fsp3) is 0.297. The van der Waals surface area contributed by atoms with E-state index in [0.29, 0.717) is 0 Å². The molecule has 0 saturated carbocycles. The summed E-state index contributed by atoms with van der Waals surface area (Å²) < 4.78 is 31.5. The summed E-state index contributed by atoms with van der Waals surface area (Å²) in [7, 11) is 0. The lowest BCUT2D eigenvalue weighted by atomic mass is 9.29. The smallest absolute Gasteiger partial charge is 0.256 e. The quantitative estimate of drug-likeness (QED) is 0.173. The van der Waals surface area contributed by atoms with Crippen LogP contribution in [0.2, 0.25) is 0 Å². The molecule has 0 saturated heterocycles. The molecule has 0 fully saturated rings. The van der Waals surface area contributed by atoms with Gasteiger partial charge in [0, 0.05) is 90.7 Å². The van der Waals surface area contributed by atoms with Gasteiger partial charge in [0.1, 0.15) is 34.5 Å². The van der Waals surface area contributed by atoms with E-state index < -0.39 is 6.71 Å². The molecule has 140 heavy (non-hydrogen) atoms. The van der Waals surface area contributed by atoms with Crippen molar-refractivity contribution in [1.82, 2.24) is 13.7 Å². The Balaban J connectivity index is 0.813. The first-order chi connectivity index (χ1) is 65.9. The third-order valence-corrected chi connectivity index (χ3v) is 32.1. The Morgan fingerprint density at radius 2 is 0.479 bits per heavy atom. The van der Waals surface area contributed by atoms with Gasteiger partial charge in [-0.2, -0.15) is 0 Å². The molecule has 9 heterocycles. The van der Waals surface area contributed by atoms with Crippen molar-refractivity contribution in [2.45, 2.75) is 251 Å². The number of aryl methyl sites for hydroxylation is 6. The van der Waals surface area contributed by atoms with Gasteiger partial charge in [-0.3, -0.25) is 0 Å². The molecule has 0 bridgehead atoms. The van der Waals surface area contributed by atoms with E-state index in [1.54, 1.807) is 0 Å². The molecule has 0 unspecified atom stereocenters. The molecule has 12 heteroatoms. The largest absolute Gasteiger partial charge is 0.458 e. The van der Waals surface area contributed by atoms with E-state index >= 15 is 0 Å². The number of nitrogens with one attached hydrogen (secondary N) is 1. The van der Waals surface area contributed by atoms with Crippen molar-refractivity contribution >= 4 is 180 Å². The maximum absolute atomic E-state index is 8.43. The molecular weight excluding hydrogens is 1700 g/mol. The predicted molar refractivity (Wildman–Crippen MR) is 600 cm³/mol. The van der Waals surface area contributed by atoms with E-state index in [2.05, 4.69) is 467 Å². The fourth-order valence-electron chi connectivity index (χ4n) is 24.6. The van der Waals surface area contributed by atoms with Gasteiger partial charge in [-0.1, -0.05) is 274 Å². The van der Waals surface area contributed by atoms with Crippen molar-refractivity contribution in [3.63, 3.8) is 0 Å². The molecule has 24 rings (SSSR count). The standard InChI is InChI=1S/C128H129B3N6O3/c1-69-47-71(3)119(72(4)48-69)136-106-67-98-92(129-95-57-81(127(25,26)27)37-45-110(95)138-113-62-83(59-99(132-98)116(113)129)133-100-39-31-75(121(7,8)9)51-86(100)87-52-76(122(10,11)12)32-40-101(87)133)65-93(106)131-97-66-94-107(68-112(97)140-115-64-85(60-108(136)118(115)131)135-104-43-35-79(125(19,20)21)55-90(104)91-56-80(126(22,23)24)36-44-105(91)135)137(120-73(5)49-70(2)50-74(120)6)109-61-84(63-114-117(109)130(94)96-58-82(128(28,29)30)38-46-111(96)139-114)134-102-41-33-77(123(13,14)15)53-88(102)89-54-78(124(16,17)18)34-42-103(89)134/h31-68,132H,1-30H3. The van der Waals surface area contributed by atoms with Crippen molar-refractivity contribution in [1.29, 1.82) is 0 Å². The zero-order valence-electron chi connectivity index (χ0n) is 87.6. The molecule has 0 spiro atoms. The third kappa shape index (κ3) is 13.6. The molecule has 1 N–H and O–H groups in total. The van der Waals surface area contributed by atoms with Crippen LogP contribution in [0.5, 0.6) is 34.5 Å². The van der Waals surface area contributed by atoms with Crippen molar-refractivity contribution in [3.05, 3.63) is 308 Å². The minimum Gasteiger partial charge on any atom is -0.458 e. The molecule has 6 aliphatic heterocycles.